The number of nitrogen functional groups attached to an aromatic ring is 1. The molecule has 0 bridgehead atoms. The predicted molar refractivity (Wildman–Crippen MR) is 87.4 cm³/mol. The maximum atomic E-state index is 9.33. The summed E-state index contributed by atoms with van der Waals surface area (Å²) < 4.78 is 9.43. The quantitative estimate of drug-likeness (QED) is 0.798. The largest absolute Gasteiger partial charge is 0.439 e. The van der Waals surface area contributed by atoms with E-state index in [1.54, 1.807) is 41.1 Å². The van der Waals surface area contributed by atoms with E-state index in [9.17, 15) is 5.26 Å². The van der Waals surface area contributed by atoms with E-state index in [2.05, 4.69) is 11.1 Å². The minimum absolute atomic E-state index is 0.374. The van der Waals surface area contributed by atoms with Crippen molar-refractivity contribution in [2.24, 2.45) is 7.05 Å². The van der Waals surface area contributed by atoms with Gasteiger partial charge in [-0.15, -0.1) is 0 Å². The number of rotatable bonds is 4. The van der Waals surface area contributed by atoms with Crippen LogP contribution in [0.4, 0.5) is 5.69 Å². The van der Waals surface area contributed by atoms with Gasteiger partial charge in [-0.05, 0) is 18.2 Å². The second kappa shape index (κ2) is 6.07. The molecule has 0 atom stereocenters. The normalized spacial score (nSPS) is 10.5. The number of imidazole rings is 1. The van der Waals surface area contributed by atoms with Gasteiger partial charge in [0.1, 0.15) is 23.3 Å². The molecule has 0 aliphatic rings. The van der Waals surface area contributed by atoms with Crippen LogP contribution in [0.25, 0.3) is 0 Å². The molecule has 3 aromatic rings. The van der Waals surface area contributed by atoms with Crippen molar-refractivity contribution in [1.82, 2.24) is 14.1 Å². The van der Waals surface area contributed by atoms with E-state index >= 15 is 0 Å². The van der Waals surface area contributed by atoms with Gasteiger partial charge in [0.05, 0.1) is 12.2 Å². The highest BCUT2D eigenvalue weighted by molar-refractivity contribution is 6.30. The number of nitrogens with zero attached hydrogens (tertiary/aromatic N) is 4. The van der Waals surface area contributed by atoms with Crippen LogP contribution >= 0.6 is 11.6 Å². The third-order valence-corrected chi connectivity index (χ3v) is 3.66. The Morgan fingerprint density at radius 2 is 2.22 bits per heavy atom. The van der Waals surface area contributed by atoms with Crippen molar-refractivity contribution < 1.29 is 4.74 Å². The van der Waals surface area contributed by atoms with Crippen molar-refractivity contribution in [2.75, 3.05) is 5.73 Å². The Hall–Kier alpha value is -2.91. The van der Waals surface area contributed by atoms with E-state index in [1.165, 1.54) is 0 Å². The van der Waals surface area contributed by atoms with Crippen LogP contribution in [0.3, 0.4) is 0 Å². The molecule has 0 fully saturated rings. The highest BCUT2D eigenvalue weighted by Gasteiger charge is 2.17. The fraction of sp³-hybridized carbons (Fsp3) is 0.125. The average molecular weight is 328 g/mol. The van der Waals surface area contributed by atoms with Crippen LogP contribution < -0.4 is 10.5 Å². The Labute approximate surface area is 138 Å². The van der Waals surface area contributed by atoms with Gasteiger partial charge in [-0.25, -0.2) is 4.98 Å². The number of nitriles is 1. The molecule has 0 radical (unpaired) electrons. The summed E-state index contributed by atoms with van der Waals surface area (Å²) in [6, 6.07) is 10.7. The zero-order chi connectivity index (χ0) is 16.4. The van der Waals surface area contributed by atoms with Crippen molar-refractivity contribution >= 4 is 17.3 Å². The third kappa shape index (κ3) is 3.00. The van der Waals surface area contributed by atoms with E-state index in [0.717, 1.165) is 5.82 Å². The summed E-state index contributed by atoms with van der Waals surface area (Å²) >= 11 is 5.98. The number of aromatic nitrogens is 3. The number of ether oxygens (including phenoxy) is 1. The first-order chi connectivity index (χ1) is 11.1. The maximum Gasteiger partial charge on any atom is 0.224 e. The number of halogens is 1. The summed E-state index contributed by atoms with van der Waals surface area (Å²) in [6.07, 6.45) is 3.54. The lowest BCUT2D eigenvalue weighted by atomic mass is 10.3. The molecular weight excluding hydrogens is 314 g/mol. The molecule has 0 aliphatic carbocycles. The Morgan fingerprint density at radius 1 is 1.39 bits per heavy atom. The molecule has 0 unspecified atom stereocenters. The molecule has 1 aromatic carbocycles. The standard InChI is InChI=1S/C16H14ClN5O/c1-21-6-5-20-15(21)10-22-12(9-18)8-14(19)16(22)23-13-4-2-3-11(17)7-13/h2-8H,10,19H2,1H3. The first-order valence-corrected chi connectivity index (χ1v) is 7.25. The number of anilines is 1. The third-order valence-electron chi connectivity index (χ3n) is 3.42. The average Bonchev–Trinajstić information content (AvgIpc) is 3.05. The van der Waals surface area contributed by atoms with Crippen LogP contribution in [0.2, 0.25) is 5.02 Å². The SMILES string of the molecule is Cn1ccnc1Cn1c(C#N)cc(N)c1Oc1cccc(Cl)c1. The lowest BCUT2D eigenvalue weighted by Crippen LogP contribution is -2.09. The van der Waals surface area contributed by atoms with Crippen LogP contribution in [-0.2, 0) is 13.6 Å². The predicted octanol–water partition coefficient (Wildman–Crippen LogP) is 3.17. The van der Waals surface area contributed by atoms with Gasteiger partial charge in [0.25, 0.3) is 0 Å². The van der Waals surface area contributed by atoms with Crippen molar-refractivity contribution in [3.05, 3.63) is 59.3 Å². The highest BCUT2D eigenvalue weighted by atomic mass is 35.5. The number of hydrogen-bond acceptors (Lipinski definition) is 4. The minimum atomic E-state index is 0.374. The first-order valence-electron chi connectivity index (χ1n) is 6.87. The molecule has 23 heavy (non-hydrogen) atoms. The molecule has 0 saturated carbocycles. The van der Waals surface area contributed by atoms with Gasteiger partial charge in [-0.2, -0.15) is 5.26 Å². The van der Waals surface area contributed by atoms with Gasteiger partial charge in [-0.3, -0.25) is 4.57 Å². The molecule has 2 heterocycles. The number of nitrogens with two attached hydrogens (primary N) is 1. The highest BCUT2D eigenvalue weighted by Crippen LogP contribution is 2.32. The molecule has 0 amide bonds. The van der Waals surface area contributed by atoms with Gasteiger partial charge in [0, 0.05) is 30.5 Å². The fourth-order valence-corrected chi connectivity index (χ4v) is 2.43. The summed E-state index contributed by atoms with van der Waals surface area (Å²) in [5.74, 6) is 1.73. The number of aryl methyl sites for hydroxylation is 1. The summed E-state index contributed by atoms with van der Waals surface area (Å²) in [5, 5.41) is 9.89. The zero-order valence-electron chi connectivity index (χ0n) is 12.4. The smallest absolute Gasteiger partial charge is 0.224 e. The van der Waals surface area contributed by atoms with Gasteiger partial charge in [0.15, 0.2) is 0 Å². The molecule has 116 valence electrons. The molecule has 2 aromatic heterocycles. The second-order valence-corrected chi connectivity index (χ2v) is 5.44. The lowest BCUT2D eigenvalue weighted by Gasteiger charge is -2.12. The van der Waals surface area contributed by atoms with Gasteiger partial charge >= 0.3 is 0 Å². The number of benzene rings is 1. The van der Waals surface area contributed by atoms with Gasteiger partial charge in [0.2, 0.25) is 5.88 Å². The second-order valence-electron chi connectivity index (χ2n) is 5.00. The van der Waals surface area contributed by atoms with E-state index in [4.69, 9.17) is 22.1 Å². The van der Waals surface area contributed by atoms with E-state index < -0.39 is 0 Å². The molecule has 2 N–H and O–H groups in total. The van der Waals surface area contributed by atoms with Gasteiger partial charge in [-0.1, -0.05) is 17.7 Å². The van der Waals surface area contributed by atoms with Crippen LogP contribution in [0, 0.1) is 11.3 Å². The Balaban J connectivity index is 2.01. The van der Waals surface area contributed by atoms with E-state index in [0.29, 0.717) is 34.6 Å². The Morgan fingerprint density at radius 3 is 2.87 bits per heavy atom. The number of hydrogen-bond donors (Lipinski definition) is 1. The van der Waals surface area contributed by atoms with Gasteiger partial charge < -0.3 is 15.0 Å². The van der Waals surface area contributed by atoms with E-state index in [1.807, 2.05) is 17.8 Å². The van der Waals surface area contributed by atoms with Crippen molar-refractivity contribution in [3.8, 4) is 17.7 Å². The molecule has 3 rings (SSSR count). The van der Waals surface area contributed by atoms with Crippen LogP contribution in [-0.4, -0.2) is 14.1 Å². The summed E-state index contributed by atoms with van der Waals surface area (Å²) in [5.41, 5.74) is 6.80. The van der Waals surface area contributed by atoms with Crippen LogP contribution in [0.1, 0.15) is 11.5 Å². The van der Waals surface area contributed by atoms with Crippen molar-refractivity contribution in [3.63, 3.8) is 0 Å². The molecule has 0 saturated heterocycles. The monoisotopic (exact) mass is 327 g/mol. The molecule has 7 heteroatoms. The lowest BCUT2D eigenvalue weighted by molar-refractivity contribution is 0.434. The Bertz CT molecular complexity index is 890. The summed E-state index contributed by atoms with van der Waals surface area (Å²) in [6.45, 7) is 0.374. The van der Waals surface area contributed by atoms with Crippen molar-refractivity contribution in [1.29, 1.82) is 5.26 Å². The zero-order valence-corrected chi connectivity index (χ0v) is 13.2. The van der Waals surface area contributed by atoms with Crippen LogP contribution in [0.15, 0.2) is 42.7 Å². The van der Waals surface area contributed by atoms with Crippen molar-refractivity contribution in [2.45, 2.75) is 6.54 Å². The Kier molecular flexibility index (Phi) is 3.96. The topological polar surface area (TPSA) is 81.8 Å². The molecule has 6 nitrogen and oxygen atoms in total. The fourth-order valence-electron chi connectivity index (χ4n) is 2.25. The van der Waals surface area contributed by atoms with E-state index in [-0.39, 0.29) is 0 Å². The van der Waals surface area contributed by atoms with Crippen LogP contribution in [0.5, 0.6) is 11.6 Å². The minimum Gasteiger partial charge on any atom is -0.439 e. The maximum absolute atomic E-state index is 9.33. The molecule has 0 spiro atoms. The first kappa shape index (κ1) is 15.0. The summed E-state index contributed by atoms with van der Waals surface area (Å²) in [7, 11) is 1.89. The summed E-state index contributed by atoms with van der Waals surface area (Å²) in [4.78, 5) is 4.27. The molecule has 0 aliphatic heterocycles. The molecular formula is C16H14ClN5O.